The molecule has 1 aliphatic heterocycles. The summed E-state index contributed by atoms with van der Waals surface area (Å²) in [6, 6.07) is 2.42. The number of nitrogens with zero attached hydrogens (tertiary/aromatic N) is 2. The number of anilines is 1. The van der Waals surface area contributed by atoms with Gasteiger partial charge in [0.05, 0.1) is 12.6 Å². The van der Waals surface area contributed by atoms with E-state index in [4.69, 9.17) is 9.47 Å². The maximum Gasteiger partial charge on any atom is 0.148 e. The lowest BCUT2D eigenvalue weighted by Crippen LogP contribution is -2.19. The first-order valence-corrected chi connectivity index (χ1v) is 5.75. The summed E-state index contributed by atoms with van der Waals surface area (Å²) in [7, 11) is 1.72. The summed E-state index contributed by atoms with van der Waals surface area (Å²) in [5.74, 6) is 0.938. The number of hydrogen-bond acceptors (Lipinski definition) is 4. The van der Waals surface area contributed by atoms with Gasteiger partial charge in [-0.25, -0.2) is 0 Å². The molecule has 0 aliphatic carbocycles. The largest absolute Gasteiger partial charge is 0.385 e. The van der Waals surface area contributed by atoms with Crippen molar-refractivity contribution >= 4 is 5.82 Å². The first-order valence-electron chi connectivity index (χ1n) is 5.75. The number of ether oxygens (including phenoxy) is 2. The molecule has 0 amide bonds. The monoisotopic (exact) mass is 225 g/mol. The van der Waals surface area contributed by atoms with E-state index in [9.17, 15) is 0 Å². The van der Waals surface area contributed by atoms with E-state index in [0.29, 0.717) is 6.04 Å². The van der Waals surface area contributed by atoms with E-state index < -0.39 is 0 Å². The third kappa shape index (κ3) is 3.21. The SMILES string of the molecule is COCCCn1ccc(NC2CCOC2)n1. The van der Waals surface area contributed by atoms with Crippen LogP contribution in [0.1, 0.15) is 12.8 Å². The van der Waals surface area contributed by atoms with Crippen molar-refractivity contribution in [2.45, 2.75) is 25.4 Å². The van der Waals surface area contributed by atoms with Crippen LogP contribution in [-0.2, 0) is 16.0 Å². The number of methoxy groups -OCH3 is 1. The Morgan fingerprint density at radius 2 is 2.62 bits per heavy atom. The summed E-state index contributed by atoms with van der Waals surface area (Å²) >= 11 is 0. The van der Waals surface area contributed by atoms with Crippen molar-refractivity contribution in [1.29, 1.82) is 0 Å². The number of nitrogens with one attached hydrogen (secondary N) is 1. The molecule has 2 heterocycles. The third-order valence-corrected chi connectivity index (χ3v) is 2.66. The average molecular weight is 225 g/mol. The van der Waals surface area contributed by atoms with Gasteiger partial charge in [-0.1, -0.05) is 0 Å². The molecule has 0 radical (unpaired) electrons. The van der Waals surface area contributed by atoms with Crippen LogP contribution in [0.3, 0.4) is 0 Å². The van der Waals surface area contributed by atoms with Crippen LogP contribution in [0.4, 0.5) is 5.82 Å². The van der Waals surface area contributed by atoms with Crippen LogP contribution in [0.5, 0.6) is 0 Å². The highest BCUT2D eigenvalue weighted by Crippen LogP contribution is 2.11. The molecule has 1 aromatic heterocycles. The zero-order valence-electron chi connectivity index (χ0n) is 9.69. The molecule has 5 heteroatoms. The van der Waals surface area contributed by atoms with Crippen molar-refractivity contribution in [3.63, 3.8) is 0 Å². The molecule has 0 spiro atoms. The Morgan fingerprint density at radius 1 is 1.69 bits per heavy atom. The van der Waals surface area contributed by atoms with E-state index >= 15 is 0 Å². The Balaban J connectivity index is 1.77. The van der Waals surface area contributed by atoms with Crippen molar-refractivity contribution in [2.24, 2.45) is 0 Å². The molecule has 1 saturated heterocycles. The summed E-state index contributed by atoms with van der Waals surface area (Å²) in [6.45, 7) is 3.32. The lowest BCUT2D eigenvalue weighted by atomic mass is 10.3. The second kappa shape index (κ2) is 5.86. The van der Waals surface area contributed by atoms with Gasteiger partial charge in [-0.3, -0.25) is 4.68 Å². The summed E-state index contributed by atoms with van der Waals surface area (Å²) in [5, 5.41) is 7.80. The third-order valence-electron chi connectivity index (χ3n) is 2.66. The lowest BCUT2D eigenvalue weighted by molar-refractivity contribution is 0.189. The van der Waals surface area contributed by atoms with Crippen molar-refractivity contribution < 1.29 is 9.47 Å². The van der Waals surface area contributed by atoms with E-state index in [2.05, 4.69) is 10.4 Å². The first-order chi connectivity index (χ1) is 7.88. The molecule has 1 unspecified atom stereocenters. The quantitative estimate of drug-likeness (QED) is 0.737. The number of aromatic nitrogens is 2. The highest BCUT2D eigenvalue weighted by atomic mass is 16.5. The fourth-order valence-electron chi connectivity index (χ4n) is 1.79. The van der Waals surface area contributed by atoms with Crippen LogP contribution in [0.25, 0.3) is 0 Å². The van der Waals surface area contributed by atoms with Crippen LogP contribution in [0, 0.1) is 0 Å². The molecule has 0 saturated carbocycles. The topological polar surface area (TPSA) is 48.3 Å². The molecule has 1 atom stereocenters. The van der Waals surface area contributed by atoms with Crippen molar-refractivity contribution in [1.82, 2.24) is 9.78 Å². The minimum atomic E-state index is 0.419. The van der Waals surface area contributed by atoms with Gasteiger partial charge in [0.2, 0.25) is 0 Å². The molecule has 0 aromatic carbocycles. The smallest absolute Gasteiger partial charge is 0.148 e. The van der Waals surface area contributed by atoms with Gasteiger partial charge in [-0.05, 0) is 12.8 Å². The Labute approximate surface area is 95.7 Å². The maximum atomic E-state index is 5.30. The number of rotatable bonds is 6. The second-order valence-electron chi connectivity index (χ2n) is 4.02. The molecule has 1 fully saturated rings. The predicted molar refractivity (Wildman–Crippen MR) is 61.6 cm³/mol. The van der Waals surface area contributed by atoms with Crippen molar-refractivity contribution in [3.05, 3.63) is 12.3 Å². The standard InChI is InChI=1S/C11H19N3O2/c1-15-7-2-5-14-6-3-11(13-14)12-10-4-8-16-9-10/h3,6,10H,2,4-5,7-9H2,1H3,(H,12,13). The molecule has 16 heavy (non-hydrogen) atoms. The minimum absolute atomic E-state index is 0.419. The van der Waals surface area contributed by atoms with Crippen molar-refractivity contribution in [3.8, 4) is 0 Å². The fourth-order valence-corrected chi connectivity index (χ4v) is 1.79. The molecule has 1 N–H and O–H groups in total. The molecule has 0 bridgehead atoms. The Bertz CT molecular complexity index is 308. The van der Waals surface area contributed by atoms with Crippen LogP contribution in [0.15, 0.2) is 12.3 Å². The molecule has 5 nitrogen and oxygen atoms in total. The van der Waals surface area contributed by atoms with E-state index in [1.807, 2.05) is 16.9 Å². The van der Waals surface area contributed by atoms with Gasteiger partial charge in [0.1, 0.15) is 5.82 Å². The molecule has 2 rings (SSSR count). The summed E-state index contributed by atoms with van der Waals surface area (Å²) < 4.78 is 12.2. The molecule has 90 valence electrons. The van der Waals surface area contributed by atoms with Crippen molar-refractivity contribution in [2.75, 3.05) is 32.2 Å². The van der Waals surface area contributed by atoms with E-state index in [1.54, 1.807) is 7.11 Å². The van der Waals surface area contributed by atoms with E-state index in [1.165, 1.54) is 0 Å². The van der Waals surface area contributed by atoms with Gasteiger partial charge < -0.3 is 14.8 Å². The van der Waals surface area contributed by atoms with E-state index in [-0.39, 0.29) is 0 Å². The second-order valence-corrected chi connectivity index (χ2v) is 4.02. The average Bonchev–Trinajstić information content (AvgIpc) is 2.91. The van der Waals surface area contributed by atoms with E-state index in [0.717, 1.165) is 45.0 Å². The highest BCUT2D eigenvalue weighted by molar-refractivity contribution is 5.33. The molecular weight excluding hydrogens is 206 g/mol. The molecule has 1 aliphatic rings. The normalized spacial score (nSPS) is 20.2. The van der Waals surface area contributed by atoms with Crippen LogP contribution < -0.4 is 5.32 Å². The van der Waals surface area contributed by atoms with Gasteiger partial charge in [-0.2, -0.15) is 5.10 Å². The van der Waals surface area contributed by atoms with Gasteiger partial charge in [-0.15, -0.1) is 0 Å². The zero-order chi connectivity index (χ0) is 11.2. The first kappa shape index (κ1) is 11.4. The predicted octanol–water partition coefficient (Wildman–Crippen LogP) is 1.12. The minimum Gasteiger partial charge on any atom is -0.385 e. The summed E-state index contributed by atoms with van der Waals surface area (Å²) in [6.07, 6.45) is 4.05. The lowest BCUT2D eigenvalue weighted by Gasteiger charge is -2.08. The summed E-state index contributed by atoms with van der Waals surface area (Å²) in [5.41, 5.74) is 0. The molecular formula is C11H19N3O2. The maximum absolute atomic E-state index is 5.30. The van der Waals surface area contributed by atoms with Crippen LogP contribution in [0.2, 0.25) is 0 Å². The molecule has 1 aromatic rings. The van der Waals surface area contributed by atoms with Gasteiger partial charge in [0.25, 0.3) is 0 Å². The highest BCUT2D eigenvalue weighted by Gasteiger charge is 2.15. The fraction of sp³-hybridized carbons (Fsp3) is 0.727. The van der Waals surface area contributed by atoms with Crippen LogP contribution in [-0.4, -0.2) is 42.8 Å². The Kier molecular flexibility index (Phi) is 4.18. The Hall–Kier alpha value is -1.07. The van der Waals surface area contributed by atoms with Gasteiger partial charge in [0, 0.05) is 39.1 Å². The van der Waals surface area contributed by atoms with Gasteiger partial charge >= 0.3 is 0 Å². The zero-order valence-corrected chi connectivity index (χ0v) is 9.69. The summed E-state index contributed by atoms with van der Waals surface area (Å²) in [4.78, 5) is 0. The number of hydrogen-bond donors (Lipinski definition) is 1. The Morgan fingerprint density at radius 3 is 3.38 bits per heavy atom. The van der Waals surface area contributed by atoms with Gasteiger partial charge in [0.15, 0.2) is 0 Å². The number of aryl methyl sites for hydroxylation is 1. The van der Waals surface area contributed by atoms with Crippen LogP contribution >= 0.6 is 0 Å².